The molecule has 2 unspecified atom stereocenters. The molecule has 0 radical (unpaired) electrons. The third-order valence-electron chi connectivity index (χ3n) is 5.00. The number of morpholine rings is 1. The molecule has 3 rings (SSSR count). The Hall–Kier alpha value is -1.93. The number of aromatic nitrogens is 2. The molecule has 138 valence electrons. The van der Waals surface area contributed by atoms with Crippen LogP contribution in [-0.2, 0) is 21.4 Å². The third kappa shape index (κ3) is 4.01. The summed E-state index contributed by atoms with van der Waals surface area (Å²) in [6.07, 6.45) is 5.26. The van der Waals surface area contributed by atoms with Crippen LogP contribution >= 0.6 is 0 Å². The van der Waals surface area contributed by atoms with Gasteiger partial charge in [0.15, 0.2) is 0 Å². The molecule has 2 amide bonds. The fraction of sp³-hybridized carbons (Fsp3) is 0.706. The van der Waals surface area contributed by atoms with Crippen LogP contribution in [0.2, 0.25) is 0 Å². The number of nitrogens with zero attached hydrogens (tertiary/aromatic N) is 4. The average molecular weight is 349 g/mol. The van der Waals surface area contributed by atoms with Crippen LogP contribution in [0.4, 0.5) is 0 Å². The van der Waals surface area contributed by atoms with Gasteiger partial charge in [-0.3, -0.25) is 14.3 Å². The Morgan fingerprint density at radius 1 is 1.28 bits per heavy atom. The first kappa shape index (κ1) is 17.9. The first-order chi connectivity index (χ1) is 12.1. The van der Waals surface area contributed by atoms with E-state index in [9.17, 15) is 9.59 Å². The zero-order chi connectivity index (χ0) is 17.8. The highest BCUT2D eigenvalue weighted by atomic mass is 16.5. The van der Waals surface area contributed by atoms with Gasteiger partial charge in [0.05, 0.1) is 25.3 Å². The van der Waals surface area contributed by atoms with Crippen LogP contribution in [0.5, 0.6) is 0 Å². The molecule has 0 bridgehead atoms. The maximum absolute atomic E-state index is 13.0. The van der Waals surface area contributed by atoms with E-state index in [1.807, 2.05) is 23.0 Å². The van der Waals surface area contributed by atoms with Crippen LogP contribution in [0.15, 0.2) is 12.4 Å². The highest BCUT2D eigenvalue weighted by Gasteiger charge is 2.34. The van der Waals surface area contributed by atoms with Crippen molar-refractivity contribution in [3.05, 3.63) is 18.0 Å². The second-order valence-electron chi connectivity index (χ2n) is 6.73. The van der Waals surface area contributed by atoms with Gasteiger partial charge in [-0.1, -0.05) is 0 Å². The van der Waals surface area contributed by atoms with Gasteiger partial charge in [0.2, 0.25) is 11.8 Å². The number of amides is 2. The molecule has 2 aliphatic heterocycles. The number of hydrogen-bond acceptors (Lipinski definition) is 5. The molecule has 0 aromatic carbocycles. The summed E-state index contributed by atoms with van der Waals surface area (Å²) in [5.74, 6) is 0.0559. The predicted molar refractivity (Wildman–Crippen MR) is 91.7 cm³/mol. The highest BCUT2D eigenvalue weighted by molar-refractivity contribution is 5.85. The van der Waals surface area contributed by atoms with Crippen molar-refractivity contribution >= 4 is 11.8 Å². The molecule has 1 aromatic heterocycles. The van der Waals surface area contributed by atoms with Gasteiger partial charge in [-0.15, -0.1) is 0 Å². The summed E-state index contributed by atoms with van der Waals surface area (Å²) in [5.41, 5.74) is 0.844. The molecule has 0 aliphatic carbocycles. The van der Waals surface area contributed by atoms with Gasteiger partial charge in [0, 0.05) is 45.0 Å². The predicted octanol–water partition coefficient (Wildman–Crippen LogP) is -0.222. The number of likely N-dealkylation sites (tertiary alicyclic amines) is 1. The Bertz CT molecular complexity index is 611. The summed E-state index contributed by atoms with van der Waals surface area (Å²) in [4.78, 5) is 29.4. The molecule has 1 aromatic rings. The molecule has 25 heavy (non-hydrogen) atoms. The van der Waals surface area contributed by atoms with E-state index in [0.29, 0.717) is 39.4 Å². The number of ether oxygens (including phenoxy) is 1. The summed E-state index contributed by atoms with van der Waals surface area (Å²) in [6.45, 7) is 3.70. The van der Waals surface area contributed by atoms with Crippen molar-refractivity contribution in [1.82, 2.24) is 24.9 Å². The highest BCUT2D eigenvalue weighted by Crippen LogP contribution is 2.23. The van der Waals surface area contributed by atoms with Crippen molar-refractivity contribution in [3.8, 4) is 0 Å². The van der Waals surface area contributed by atoms with E-state index in [1.54, 1.807) is 17.9 Å². The molecule has 3 heterocycles. The van der Waals surface area contributed by atoms with Gasteiger partial charge in [-0.05, 0) is 19.9 Å². The van der Waals surface area contributed by atoms with E-state index in [-0.39, 0.29) is 17.7 Å². The molecule has 2 atom stereocenters. The minimum atomic E-state index is -0.425. The summed E-state index contributed by atoms with van der Waals surface area (Å²) < 4.78 is 7.01. The maximum Gasteiger partial charge on any atom is 0.244 e. The Morgan fingerprint density at radius 2 is 2.04 bits per heavy atom. The summed E-state index contributed by atoms with van der Waals surface area (Å²) in [5, 5.41) is 7.23. The lowest BCUT2D eigenvalue weighted by Crippen LogP contribution is -2.51. The number of carbonyl (C=O) groups is 2. The average Bonchev–Trinajstić information content (AvgIpc) is 3.08. The van der Waals surface area contributed by atoms with E-state index in [1.165, 1.54) is 0 Å². The quantitative estimate of drug-likeness (QED) is 0.813. The van der Waals surface area contributed by atoms with Gasteiger partial charge >= 0.3 is 0 Å². The van der Waals surface area contributed by atoms with E-state index in [2.05, 4.69) is 10.4 Å². The normalized spacial score (nSPS) is 22.7. The summed E-state index contributed by atoms with van der Waals surface area (Å²) in [7, 11) is 3.61. The molecule has 0 spiro atoms. The second kappa shape index (κ2) is 7.97. The van der Waals surface area contributed by atoms with Crippen molar-refractivity contribution in [3.63, 3.8) is 0 Å². The monoisotopic (exact) mass is 349 g/mol. The molecule has 2 saturated heterocycles. The lowest BCUT2D eigenvalue weighted by atomic mass is 9.95. The van der Waals surface area contributed by atoms with Gasteiger partial charge in [-0.2, -0.15) is 5.10 Å². The zero-order valence-corrected chi connectivity index (χ0v) is 15.0. The smallest absolute Gasteiger partial charge is 0.244 e. The van der Waals surface area contributed by atoms with Crippen LogP contribution in [0.25, 0.3) is 0 Å². The van der Waals surface area contributed by atoms with Crippen molar-refractivity contribution in [2.24, 2.45) is 13.0 Å². The molecule has 1 N–H and O–H groups in total. The van der Waals surface area contributed by atoms with Crippen LogP contribution < -0.4 is 5.32 Å². The Labute approximate surface area is 148 Å². The van der Waals surface area contributed by atoms with Crippen molar-refractivity contribution in [2.75, 3.05) is 46.4 Å². The van der Waals surface area contributed by atoms with Crippen LogP contribution in [0.1, 0.15) is 24.4 Å². The number of hydrogen-bond donors (Lipinski definition) is 1. The third-order valence-corrected chi connectivity index (χ3v) is 5.00. The Balaban J connectivity index is 1.65. The lowest BCUT2D eigenvalue weighted by Gasteiger charge is -2.37. The Morgan fingerprint density at radius 3 is 2.68 bits per heavy atom. The summed E-state index contributed by atoms with van der Waals surface area (Å²) in [6, 6.07) is -0.425. The maximum atomic E-state index is 13.0. The van der Waals surface area contributed by atoms with Crippen LogP contribution in [-0.4, -0.2) is 77.8 Å². The first-order valence-corrected chi connectivity index (χ1v) is 8.91. The van der Waals surface area contributed by atoms with E-state index in [0.717, 1.165) is 18.4 Å². The molecule has 0 saturated carbocycles. The van der Waals surface area contributed by atoms with E-state index in [4.69, 9.17) is 4.74 Å². The molecular weight excluding hydrogens is 322 g/mol. The van der Waals surface area contributed by atoms with Gasteiger partial charge in [0.25, 0.3) is 0 Å². The van der Waals surface area contributed by atoms with Gasteiger partial charge in [0.1, 0.15) is 6.04 Å². The molecule has 2 aliphatic rings. The van der Waals surface area contributed by atoms with Crippen molar-refractivity contribution in [2.45, 2.75) is 18.9 Å². The lowest BCUT2D eigenvalue weighted by molar-refractivity contribution is -0.144. The fourth-order valence-electron chi connectivity index (χ4n) is 3.63. The van der Waals surface area contributed by atoms with Crippen molar-refractivity contribution < 1.29 is 14.3 Å². The first-order valence-electron chi connectivity index (χ1n) is 8.91. The molecular formula is C17H27N5O3. The SMILES string of the molecule is CNC(C(=O)N1CCCC(C(=O)N2CCOCC2)C1)c1cnn(C)c1. The number of likely N-dealkylation sites (N-methyl/N-ethyl adjacent to an activating group) is 1. The number of carbonyl (C=O) groups excluding carboxylic acids is 2. The summed E-state index contributed by atoms with van der Waals surface area (Å²) >= 11 is 0. The van der Waals surface area contributed by atoms with Gasteiger partial charge < -0.3 is 19.9 Å². The molecule has 8 nitrogen and oxygen atoms in total. The number of nitrogens with one attached hydrogen (secondary N) is 1. The number of piperidine rings is 1. The van der Waals surface area contributed by atoms with E-state index < -0.39 is 6.04 Å². The van der Waals surface area contributed by atoms with Crippen LogP contribution in [0, 0.1) is 5.92 Å². The van der Waals surface area contributed by atoms with Crippen molar-refractivity contribution in [1.29, 1.82) is 0 Å². The number of rotatable bonds is 4. The minimum absolute atomic E-state index is 0.00924. The standard InChI is InChI=1S/C17H27N5O3/c1-18-15(14-10-19-20(2)11-14)17(24)22-5-3-4-13(12-22)16(23)21-6-8-25-9-7-21/h10-11,13,15,18H,3-9,12H2,1-2H3. The number of aryl methyl sites for hydroxylation is 1. The molecule has 2 fully saturated rings. The van der Waals surface area contributed by atoms with E-state index >= 15 is 0 Å². The fourth-order valence-corrected chi connectivity index (χ4v) is 3.63. The van der Waals surface area contributed by atoms with Crippen LogP contribution in [0.3, 0.4) is 0 Å². The zero-order valence-electron chi connectivity index (χ0n) is 15.0. The topological polar surface area (TPSA) is 79.7 Å². The molecule has 8 heteroatoms. The second-order valence-corrected chi connectivity index (χ2v) is 6.73. The van der Waals surface area contributed by atoms with Gasteiger partial charge in [-0.25, -0.2) is 0 Å². The Kier molecular flexibility index (Phi) is 5.70. The largest absolute Gasteiger partial charge is 0.378 e. The minimum Gasteiger partial charge on any atom is -0.378 e.